The molecular formula is C26H30N2O5. The molecule has 33 heavy (non-hydrogen) atoms. The molecule has 7 nitrogen and oxygen atoms in total. The summed E-state index contributed by atoms with van der Waals surface area (Å²) in [6, 6.07) is 15.3. The predicted molar refractivity (Wildman–Crippen MR) is 124 cm³/mol. The van der Waals surface area contributed by atoms with E-state index in [0.29, 0.717) is 19.3 Å². The summed E-state index contributed by atoms with van der Waals surface area (Å²) in [6.07, 6.45) is 2.56. The molecule has 0 saturated heterocycles. The Kier molecular flexibility index (Phi) is 6.96. The topological polar surface area (TPSA) is 105 Å². The van der Waals surface area contributed by atoms with E-state index in [0.717, 1.165) is 24.0 Å². The number of fused-ring (bicyclic) bond motifs is 3. The third-order valence-corrected chi connectivity index (χ3v) is 6.73. The monoisotopic (exact) mass is 450 g/mol. The van der Waals surface area contributed by atoms with E-state index in [1.54, 1.807) is 6.92 Å². The number of carbonyl (C=O) groups is 3. The van der Waals surface area contributed by atoms with E-state index in [-0.39, 0.29) is 30.4 Å². The van der Waals surface area contributed by atoms with Crippen molar-refractivity contribution in [1.29, 1.82) is 0 Å². The van der Waals surface area contributed by atoms with E-state index < -0.39 is 18.1 Å². The van der Waals surface area contributed by atoms with Crippen molar-refractivity contribution < 1.29 is 24.2 Å². The Hall–Kier alpha value is -3.35. The highest BCUT2D eigenvalue weighted by atomic mass is 16.5. The molecule has 0 spiro atoms. The quantitative estimate of drug-likeness (QED) is 0.590. The normalized spacial score (nSPS) is 20.3. The van der Waals surface area contributed by atoms with E-state index in [4.69, 9.17) is 4.74 Å². The Morgan fingerprint density at radius 1 is 1.03 bits per heavy atom. The number of amides is 2. The number of alkyl carbamates (subject to hydrolysis) is 1. The summed E-state index contributed by atoms with van der Waals surface area (Å²) in [7, 11) is 0. The first kappa shape index (κ1) is 22.8. The van der Waals surface area contributed by atoms with Crippen molar-refractivity contribution in [3.05, 3.63) is 59.7 Å². The van der Waals surface area contributed by atoms with Gasteiger partial charge in [-0.25, -0.2) is 9.59 Å². The molecule has 1 fully saturated rings. The Morgan fingerprint density at radius 2 is 1.67 bits per heavy atom. The molecule has 4 rings (SSSR count). The number of aliphatic carboxylic acids is 1. The van der Waals surface area contributed by atoms with Gasteiger partial charge in [0.05, 0.1) is 0 Å². The summed E-state index contributed by atoms with van der Waals surface area (Å²) in [5.41, 5.74) is 4.67. The fraction of sp³-hybridized carbons (Fsp3) is 0.423. The molecule has 1 saturated carbocycles. The van der Waals surface area contributed by atoms with E-state index in [1.807, 2.05) is 24.3 Å². The summed E-state index contributed by atoms with van der Waals surface area (Å²) in [5.74, 6) is -1.61. The highest BCUT2D eigenvalue weighted by Gasteiger charge is 2.32. The SMILES string of the molecule is CCC(NC(=O)[C@H]1CCC[C@@H](NC(=O)OCC2c3ccccc3-c3ccccc32)C1)C(=O)O. The molecule has 1 unspecified atom stereocenters. The van der Waals surface area contributed by atoms with Crippen LogP contribution < -0.4 is 10.6 Å². The highest BCUT2D eigenvalue weighted by Crippen LogP contribution is 2.44. The van der Waals surface area contributed by atoms with Crippen LogP contribution in [0.15, 0.2) is 48.5 Å². The summed E-state index contributed by atoms with van der Waals surface area (Å²) >= 11 is 0. The lowest BCUT2D eigenvalue weighted by atomic mass is 9.85. The van der Waals surface area contributed by atoms with Gasteiger partial charge in [0.2, 0.25) is 5.91 Å². The fourth-order valence-corrected chi connectivity index (χ4v) is 4.99. The summed E-state index contributed by atoms with van der Waals surface area (Å²) in [4.78, 5) is 36.3. The number of ether oxygens (including phenoxy) is 1. The molecule has 3 N–H and O–H groups in total. The zero-order valence-electron chi connectivity index (χ0n) is 18.8. The molecule has 2 aliphatic rings. The molecule has 3 atom stereocenters. The molecule has 0 aromatic heterocycles. The van der Waals surface area contributed by atoms with Crippen LogP contribution in [-0.4, -0.2) is 41.8 Å². The van der Waals surface area contributed by atoms with Crippen LogP contribution in [0.3, 0.4) is 0 Å². The van der Waals surface area contributed by atoms with Crippen LogP contribution in [0.2, 0.25) is 0 Å². The first-order chi connectivity index (χ1) is 16.0. The molecule has 2 aromatic carbocycles. The number of carbonyl (C=O) groups excluding carboxylic acids is 2. The summed E-state index contributed by atoms with van der Waals surface area (Å²) < 4.78 is 5.62. The first-order valence-electron chi connectivity index (χ1n) is 11.6. The smallest absolute Gasteiger partial charge is 0.407 e. The van der Waals surface area contributed by atoms with Crippen molar-refractivity contribution >= 4 is 18.0 Å². The van der Waals surface area contributed by atoms with E-state index >= 15 is 0 Å². The van der Waals surface area contributed by atoms with E-state index in [9.17, 15) is 19.5 Å². The van der Waals surface area contributed by atoms with Crippen LogP contribution in [0, 0.1) is 5.92 Å². The van der Waals surface area contributed by atoms with Crippen LogP contribution >= 0.6 is 0 Å². The van der Waals surface area contributed by atoms with Crippen LogP contribution in [0.4, 0.5) is 4.79 Å². The zero-order chi connectivity index (χ0) is 23.4. The third-order valence-electron chi connectivity index (χ3n) is 6.73. The molecule has 0 aliphatic heterocycles. The van der Waals surface area contributed by atoms with Gasteiger partial charge in [0.15, 0.2) is 0 Å². The zero-order valence-corrected chi connectivity index (χ0v) is 18.8. The Morgan fingerprint density at radius 3 is 2.27 bits per heavy atom. The number of hydrogen-bond acceptors (Lipinski definition) is 4. The number of hydrogen-bond donors (Lipinski definition) is 3. The van der Waals surface area contributed by atoms with Gasteiger partial charge in [0, 0.05) is 17.9 Å². The number of carboxylic acids is 1. The van der Waals surface area contributed by atoms with Crippen LogP contribution in [0.25, 0.3) is 11.1 Å². The third kappa shape index (κ3) is 5.02. The van der Waals surface area contributed by atoms with E-state index in [2.05, 4.69) is 34.9 Å². The van der Waals surface area contributed by atoms with Crippen molar-refractivity contribution in [3.8, 4) is 11.1 Å². The predicted octanol–water partition coefficient (Wildman–Crippen LogP) is 4.06. The van der Waals surface area contributed by atoms with Crippen molar-refractivity contribution in [2.45, 2.75) is 57.0 Å². The van der Waals surface area contributed by atoms with Gasteiger partial charge in [-0.3, -0.25) is 4.79 Å². The van der Waals surface area contributed by atoms with Gasteiger partial charge >= 0.3 is 12.1 Å². The van der Waals surface area contributed by atoms with Gasteiger partial charge in [-0.2, -0.15) is 0 Å². The van der Waals surface area contributed by atoms with Crippen LogP contribution in [0.5, 0.6) is 0 Å². The minimum atomic E-state index is -1.03. The lowest BCUT2D eigenvalue weighted by molar-refractivity contribution is -0.142. The number of benzene rings is 2. The lowest BCUT2D eigenvalue weighted by Gasteiger charge is -2.29. The average molecular weight is 451 g/mol. The number of carboxylic acid groups (broad SMARTS) is 1. The van der Waals surface area contributed by atoms with Crippen molar-refractivity contribution in [3.63, 3.8) is 0 Å². The lowest BCUT2D eigenvalue weighted by Crippen LogP contribution is -2.47. The average Bonchev–Trinajstić information content (AvgIpc) is 3.14. The van der Waals surface area contributed by atoms with Crippen molar-refractivity contribution in [2.75, 3.05) is 6.61 Å². The van der Waals surface area contributed by atoms with Crippen molar-refractivity contribution in [2.24, 2.45) is 5.92 Å². The summed E-state index contributed by atoms with van der Waals surface area (Å²) in [6.45, 7) is 1.97. The molecule has 2 amide bonds. The van der Waals surface area contributed by atoms with Gasteiger partial charge in [0.25, 0.3) is 0 Å². The summed E-state index contributed by atoms with van der Waals surface area (Å²) in [5, 5.41) is 14.7. The highest BCUT2D eigenvalue weighted by molar-refractivity contribution is 5.85. The molecule has 2 aromatic rings. The maximum atomic E-state index is 12.6. The van der Waals surface area contributed by atoms with Crippen LogP contribution in [0.1, 0.15) is 56.1 Å². The Bertz CT molecular complexity index is 991. The fourth-order valence-electron chi connectivity index (χ4n) is 4.99. The largest absolute Gasteiger partial charge is 0.480 e. The maximum absolute atomic E-state index is 12.6. The second kappa shape index (κ2) is 10.1. The Balaban J connectivity index is 1.32. The molecule has 7 heteroatoms. The second-order valence-corrected chi connectivity index (χ2v) is 8.84. The molecule has 2 aliphatic carbocycles. The number of rotatable bonds is 7. The van der Waals surface area contributed by atoms with Gasteiger partial charge in [-0.15, -0.1) is 0 Å². The molecule has 0 bridgehead atoms. The maximum Gasteiger partial charge on any atom is 0.407 e. The molecular weight excluding hydrogens is 420 g/mol. The van der Waals surface area contributed by atoms with Gasteiger partial charge in [-0.1, -0.05) is 61.9 Å². The van der Waals surface area contributed by atoms with Gasteiger partial charge < -0.3 is 20.5 Å². The molecule has 0 radical (unpaired) electrons. The minimum absolute atomic E-state index is 0.00460. The Labute approximate surface area is 193 Å². The van der Waals surface area contributed by atoms with Crippen molar-refractivity contribution in [1.82, 2.24) is 10.6 Å². The molecule has 0 heterocycles. The van der Waals surface area contributed by atoms with E-state index in [1.165, 1.54) is 11.1 Å². The first-order valence-corrected chi connectivity index (χ1v) is 11.6. The standard InChI is InChI=1S/C26H30N2O5/c1-2-23(25(30)31)28-24(29)16-8-7-9-17(14-16)27-26(32)33-15-22-20-12-5-3-10-18(20)19-11-4-6-13-21(19)22/h3-6,10-13,16-17,22-23H,2,7-9,14-15H2,1H3,(H,27,32)(H,28,29)(H,30,31)/t16-,17+,23?/m0/s1. The number of nitrogens with one attached hydrogen (secondary N) is 2. The molecule has 174 valence electrons. The minimum Gasteiger partial charge on any atom is -0.480 e. The second-order valence-electron chi connectivity index (χ2n) is 8.84. The van der Waals surface area contributed by atoms with Gasteiger partial charge in [0.1, 0.15) is 12.6 Å². The van der Waals surface area contributed by atoms with Gasteiger partial charge in [-0.05, 0) is 47.9 Å². The van der Waals surface area contributed by atoms with Crippen LogP contribution in [-0.2, 0) is 14.3 Å².